The van der Waals surface area contributed by atoms with Crippen molar-refractivity contribution >= 4 is 8.32 Å². The van der Waals surface area contributed by atoms with E-state index in [9.17, 15) is 5.11 Å². The van der Waals surface area contributed by atoms with Gasteiger partial charge in [-0.05, 0) is 31.1 Å². The molecule has 0 spiro atoms. The summed E-state index contributed by atoms with van der Waals surface area (Å²) in [6.45, 7) is 13.4. The lowest BCUT2D eigenvalue weighted by molar-refractivity contribution is 0.189. The van der Waals surface area contributed by atoms with Crippen LogP contribution in [0.25, 0.3) is 0 Å². The Hall–Kier alpha value is -0.653. The molecule has 0 aliphatic carbocycles. The van der Waals surface area contributed by atoms with E-state index in [0.29, 0.717) is 6.61 Å². The van der Waals surface area contributed by atoms with Crippen molar-refractivity contribution in [1.29, 1.82) is 0 Å². The lowest BCUT2D eigenvalue weighted by atomic mass is 10.2. The van der Waals surface area contributed by atoms with Gasteiger partial charge in [-0.2, -0.15) is 5.10 Å². The maximum Gasteiger partial charge on any atom is 0.192 e. The van der Waals surface area contributed by atoms with E-state index in [1.54, 1.807) is 11.6 Å². The van der Waals surface area contributed by atoms with E-state index in [1.807, 2.05) is 13.1 Å². The van der Waals surface area contributed by atoms with Gasteiger partial charge in [0.25, 0.3) is 0 Å². The van der Waals surface area contributed by atoms with E-state index >= 15 is 0 Å². The Kier molecular flexibility index (Phi) is 4.41. The number of nitrogens with zero attached hydrogens (tertiary/aromatic N) is 2. The molecule has 1 rings (SSSR count). The zero-order chi connectivity index (χ0) is 14.1. The van der Waals surface area contributed by atoms with Crippen LogP contribution in [0.5, 0.6) is 0 Å². The standard InChI is InChI=1S/C13H26N2O2Si/c1-10(16)12-8-11(14-15(12)5)9-17-18(6,7)13(2,3)4/h8,10,16H,9H2,1-7H3. The highest BCUT2D eigenvalue weighted by molar-refractivity contribution is 6.74. The zero-order valence-corrected chi connectivity index (χ0v) is 13.6. The molecule has 0 amide bonds. The fraction of sp³-hybridized carbons (Fsp3) is 0.769. The summed E-state index contributed by atoms with van der Waals surface area (Å²) in [5.74, 6) is 0. The van der Waals surface area contributed by atoms with Gasteiger partial charge >= 0.3 is 0 Å². The zero-order valence-electron chi connectivity index (χ0n) is 12.6. The summed E-state index contributed by atoms with van der Waals surface area (Å²) in [7, 11) is 0.110. The molecule has 104 valence electrons. The van der Waals surface area contributed by atoms with E-state index in [4.69, 9.17) is 4.43 Å². The van der Waals surface area contributed by atoms with Gasteiger partial charge in [0.05, 0.1) is 24.1 Å². The fourth-order valence-corrected chi connectivity index (χ4v) is 2.42. The largest absolute Gasteiger partial charge is 0.411 e. The SMILES string of the molecule is CC(O)c1cc(CO[Si](C)(C)C(C)(C)C)nn1C. The number of hydrogen-bond donors (Lipinski definition) is 1. The van der Waals surface area contributed by atoms with Crippen molar-refractivity contribution in [2.45, 2.75) is 58.5 Å². The molecule has 0 aliphatic rings. The summed E-state index contributed by atoms with van der Waals surface area (Å²) in [6, 6.07) is 1.91. The Morgan fingerprint density at radius 1 is 1.44 bits per heavy atom. The van der Waals surface area contributed by atoms with Crippen molar-refractivity contribution in [1.82, 2.24) is 9.78 Å². The molecule has 1 aromatic heterocycles. The molecule has 1 heterocycles. The normalized spacial score (nSPS) is 14.9. The molecule has 1 aromatic rings. The van der Waals surface area contributed by atoms with Crippen LogP contribution in [0, 0.1) is 0 Å². The molecule has 4 nitrogen and oxygen atoms in total. The van der Waals surface area contributed by atoms with Crippen molar-refractivity contribution in [3.05, 3.63) is 17.5 Å². The molecule has 5 heteroatoms. The number of aryl methyl sites for hydroxylation is 1. The van der Waals surface area contributed by atoms with Crippen LogP contribution in [-0.2, 0) is 18.1 Å². The van der Waals surface area contributed by atoms with Crippen LogP contribution >= 0.6 is 0 Å². The van der Waals surface area contributed by atoms with Crippen molar-refractivity contribution in [3.8, 4) is 0 Å². The van der Waals surface area contributed by atoms with Gasteiger partial charge in [-0.25, -0.2) is 0 Å². The van der Waals surface area contributed by atoms with E-state index < -0.39 is 14.4 Å². The molecule has 1 atom stereocenters. The third-order valence-corrected chi connectivity index (χ3v) is 8.26. The molecule has 0 saturated heterocycles. The molecular formula is C13H26N2O2Si. The van der Waals surface area contributed by atoms with E-state index in [2.05, 4.69) is 39.0 Å². The number of aromatic nitrogens is 2. The average Bonchev–Trinajstić information content (AvgIpc) is 2.55. The van der Waals surface area contributed by atoms with Crippen molar-refractivity contribution in [3.63, 3.8) is 0 Å². The van der Waals surface area contributed by atoms with Gasteiger partial charge in [-0.15, -0.1) is 0 Å². The van der Waals surface area contributed by atoms with E-state index in [-0.39, 0.29) is 5.04 Å². The predicted octanol–water partition coefficient (Wildman–Crippen LogP) is 3.00. The molecule has 1 unspecified atom stereocenters. The van der Waals surface area contributed by atoms with Crippen LogP contribution in [0.4, 0.5) is 0 Å². The van der Waals surface area contributed by atoms with Crippen molar-refractivity contribution in [2.75, 3.05) is 0 Å². The van der Waals surface area contributed by atoms with Gasteiger partial charge in [-0.3, -0.25) is 4.68 Å². The van der Waals surface area contributed by atoms with Crippen LogP contribution < -0.4 is 0 Å². The van der Waals surface area contributed by atoms with Crippen LogP contribution in [0.2, 0.25) is 18.1 Å². The number of rotatable bonds is 4. The fourth-order valence-electron chi connectivity index (χ4n) is 1.48. The first-order valence-electron chi connectivity index (χ1n) is 6.39. The van der Waals surface area contributed by atoms with Gasteiger partial charge in [0.1, 0.15) is 0 Å². The van der Waals surface area contributed by atoms with Gasteiger partial charge in [0.2, 0.25) is 0 Å². The van der Waals surface area contributed by atoms with Crippen LogP contribution in [-0.4, -0.2) is 23.2 Å². The minimum atomic E-state index is -1.73. The predicted molar refractivity (Wildman–Crippen MR) is 75.8 cm³/mol. The third kappa shape index (κ3) is 3.43. The Morgan fingerprint density at radius 2 is 2.00 bits per heavy atom. The van der Waals surface area contributed by atoms with Crippen LogP contribution in [0.15, 0.2) is 6.07 Å². The molecular weight excluding hydrogens is 244 g/mol. The topological polar surface area (TPSA) is 47.3 Å². The average molecular weight is 270 g/mol. The first-order valence-corrected chi connectivity index (χ1v) is 9.30. The second-order valence-electron chi connectivity index (χ2n) is 6.41. The Morgan fingerprint density at radius 3 is 2.39 bits per heavy atom. The number of aliphatic hydroxyl groups is 1. The Bertz CT molecular complexity index is 406. The smallest absolute Gasteiger partial charge is 0.192 e. The summed E-state index contributed by atoms with van der Waals surface area (Å²) >= 11 is 0. The van der Waals surface area contributed by atoms with Crippen LogP contribution in [0.1, 0.15) is 45.2 Å². The number of hydrogen-bond acceptors (Lipinski definition) is 3. The monoisotopic (exact) mass is 270 g/mol. The summed E-state index contributed by atoms with van der Waals surface area (Å²) in [5, 5.41) is 14.2. The second-order valence-corrected chi connectivity index (χ2v) is 11.2. The first kappa shape index (κ1) is 15.4. The highest BCUT2D eigenvalue weighted by atomic mass is 28.4. The van der Waals surface area contributed by atoms with E-state index in [0.717, 1.165) is 11.4 Å². The van der Waals surface area contributed by atoms with Gasteiger partial charge in [0.15, 0.2) is 8.32 Å². The molecule has 0 fully saturated rings. The highest BCUT2D eigenvalue weighted by Gasteiger charge is 2.37. The third-order valence-electron chi connectivity index (χ3n) is 3.78. The maximum absolute atomic E-state index is 9.58. The van der Waals surface area contributed by atoms with Crippen LogP contribution in [0.3, 0.4) is 0 Å². The summed E-state index contributed by atoms with van der Waals surface area (Å²) < 4.78 is 7.83. The minimum absolute atomic E-state index is 0.203. The molecule has 0 aliphatic heterocycles. The van der Waals surface area contributed by atoms with E-state index in [1.165, 1.54) is 0 Å². The Balaban J connectivity index is 2.73. The quantitative estimate of drug-likeness (QED) is 0.856. The molecule has 1 N–H and O–H groups in total. The summed E-state index contributed by atoms with van der Waals surface area (Å²) in [6.07, 6.45) is -0.496. The second kappa shape index (κ2) is 5.15. The highest BCUT2D eigenvalue weighted by Crippen LogP contribution is 2.37. The van der Waals surface area contributed by atoms with Crippen molar-refractivity contribution < 1.29 is 9.53 Å². The van der Waals surface area contributed by atoms with Gasteiger partial charge < -0.3 is 9.53 Å². The van der Waals surface area contributed by atoms with Gasteiger partial charge in [-0.1, -0.05) is 20.8 Å². The summed E-state index contributed by atoms with van der Waals surface area (Å²) in [4.78, 5) is 0. The molecule has 0 saturated carbocycles. The lowest BCUT2D eigenvalue weighted by Gasteiger charge is -2.35. The maximum atomic E-state index is 9.58. The Labute approximate surface area is 111 Å². The minimum Gasteiger partial charge on any atom is -0.411 e. The summed E-state index contributed by atoms with van der Waals surface area (Å²) in [5.41, 5.74) is 1.71. The lowest BCUT2D eigenvalue weighted by Crippen LogP contribution is -2.40. The molecule has 0 aromatic carbocycles. The van der Waals surface area contributed by atoms with Gasteiger partial charge in [0, 0.05) is 7.05 Å². The number of aliphatic hydroxyl groups excluding tert-OH is 1. The van der Waals surface area contributed by atoms with Crippen molar-refractivity contribution in [2.24, 2.45) is 7.05 Å². The molecule has 0 bridgehead atoms. The molecule has 18 heavy (non-hydrogen) atoms. The molecule has 0 radical (unpaired) electrons. The first-order chi connectivity index (χ1) is 8.04.